The van der Waals surface area contributed by atoms with Crippen molar-refractivity contribution in [2.75, 3.05) is 26.7 Å². The zero-order chi connectivity index (χ0) is 21.7. The van der Waals surface area contributed by atoms with Crippen LogP contribution in [0.2, 0.25) is 0 Å². The van der Waals surface area contributed by atoms with Crippen LogP contribution in [0.3, 0.4) is 0 Å². The number of carbonyl (C=O) groups excluding carboxylic acids is 1. The predicted molar refractivity (Wildman–Crippen MR) is 124 cm³/mol. The van der Waals surface area contributed by atoms with Gasteiger partial charge in [-0.05, 0) is 62.6 Å². The molecule has 0 spiro atoms. The number of hydrogen-bond acceptors (Lipinski definition) is 4. The van der Waals surface area contributed by atoms with Gasteiger partial charge in [0, 0.05) is 24.7 Å². The second kappa shape index (κ2) is 8.07. The van der Waals surface area contributed by atoms with E-state index in [9.17, 15) is 4.79 Å². The number of amides is 1. The SMILES string of the molecule is COc1ccccc1-c1[nH]ncc1C(=O)N1CCCC2=C[C@H]3C[C@@H](CN4CCCC[C@@H]34)[C@@H]21. The molecule has 1 N–H and O–H groups in total. The van der Waals surface area contributed by atoms with Crippen LogP contribution in [-0.2, 0) is 0 Å². The minimum absolute atomic E-state index is 0.0921. The highest BCUT2D eigenvalue weighted by Gasteiger charge is 2.47. The summed E-state index contributed by atoms with van der Waals surface area (Å²) in [7, 11) is 1.66. The molecule has 6 rings (SSSR count). The number of ether oxygens (including phenoxy) is 1. The van der Waals surface area contributed by atoms with Crippen molar-refractivity contribution in [2.24, 2.45) is 11.8 Å². The first-order chi connectivity index (χ1) is 15.7. The molecular formula is C26H32N4O2. The second-order valence-corrected chi connectivity index (χ2v) is 9.87. The Morgan fingerprint density at radius 1 is 1.19 bits per heavy atom. The lowest BCUT2D eigenvalue weighted by atomic mass is 9.68. The van der Waals surface area contributed by atoms with E-state index in [1.165, 1.54) is 37.8 Å². The molecular weight excluding hydrogens is 400 g/mol. The van der Waals surface area contributed by atoms with E-state index in [4.69, 9.17) is 4.74 Å². The van der Waals surface area contributed by atoms with Gasteiger partial charge in [-0.15, -0.1) is 0 Å². The number of benzene rings is 1. The van der Waals surface area contributed by atoms with Gasteiger partial charge in [-0.3, -0.25) is 14.8 Å². The van der Waals surface area contributed by atoms with Gasteiger partial charge in [-0.1, -0.05) is 30.2 Å². The van der Waals surface area contributed by atoms with Crippen molar-refractivity contribution in [2.45, 2.75) is 50.6 Å². The molecule has 6 heteroatoms. The Morgan fingerprint density at radius 2 is 2.09 bits per heavy atom. The van der Waals surface area contributed by atoms with Gasteiger partial charge in [0.2, 0.25) is 0 Å². The standard InChI is InChI=1S/C26H32N4O2/c1-32-23-10-3-2-8-20(23)24-21(15-27-28-24)26(31)30-12-6-7-17-13-18-14-19(25(17)30)16-29-11-5-4-9-22(18)29/h2-3,8,10,13,15,18-19,22,25H,4-7,9,11-12,14,16H2,1H3,(H,27,28)/t18-,19-,22-,25+/m0/s1. The van der Waals surface area contributed by atoms with Crippen molar-refractivity contribution in [3.63, 3.8) is 0 Å². The summed E-state index contributed by atoms with van der Waals surface area (Å²) in [5, 5.41) is 7.33. The van der Waals surface area contributed by atoms with Gasteiger partial charge in [0.1, 0.15) is 5.75 Å². The van der Waals surface area contributed by atoms with E-state index >= 15 is 0 Å². The third-order valence-corrected chi connectivity index (χ3v) is 8.16. The molecule has 3 saturated heterocycles. The number of nitrogens with zero attached hydrogens (tertiary/aromatic N) is 3. The molecule has 0 saturated carbocycles. The highest BCUT2D eigenvalue weighted by atomic mass is 16.5. The van der Waals surface area contributed by atoms with Gasteiger partial charge in [0.15, 0.2) is 0 Å². The van der Waals surface area contributed by atoms with Gasteiger partial charge in [0.05, 0.1) is 30.6 Å². The quantitative estimate of drug-likeness (QED) is 0.741. The van der Waals surface area contributed by atoms with Gasteiger partial charge in [-0.2, -0.15) is 5.10 Å². The Kier molecular flexibility index (Phi) is 5.05. The molecule has 0 unspecified atom stereocenters. The van der Waals surface area contributed by atoms with Gasteiger partial charge in [-0.25, -0.2) is 0 Å². The number of carbonyl (C=O) groups is 1. The Morgan fingerprint density at radius 3 is 3.00 bits per heavy atom. The monoisotopic (exact) mass is 432 g/mol. The highest BCUT2D eigenvalue weighted by Crippen LogP contribution is 2.45. The van der Waals surface area contributed by atoms with Crippen molar-refractivity contribution >= 4 is 5.91 Å². The number of H-pyrrole nitrogens is 1. The Labute approximate surface area is 189 Å². The number of aromatic nitrogens is 2. The fraction of sp³-hybridized carbons (Fsp3) is 0.538. The summed E-state index contributed by atoms with van der Waals surface area (Å²) < 4.78 is 5.55. The number of fused-ring (bicyclic) bond motifs is 6. The first-order valence-corrected chi connectivity index (χ1v) is 12.2. The van der Waals surface area contributed by atoms with E-state index in [0.717, 1.165) is 49.0 Å². The van der Waals surface area contributed by atoms with E-state index in [0.29, 0.717) is 17.4 Å². The minimum Gasteiger partial charge on any atom is -0.496 e. The van der Waals surface area contributed by atoms with Gasteiger partial charge >= 0.3 is 0 Å². The molecule has 1 amide bonds. The summed E-state index contributed by atoms with van der Waals surface area (Å²) in [6.45, 7) is 3.18. The number of hydrogen-bond donors (Lipinski definition) is 1. The highest BCUT2D eigenvalue weighted by molar-refractivity contribution is 6.00. The van der Waals surface area contributed by atoms with Crippen LogP contribution < -0.4 is 4.74 Å². The number of nitrogens with one attached hydrogen (secondary N) is 1. The summed E-state index contributed by atoms with van der Waals surface area (Å²) in [5.74, 6) is 2.05. The fourth-order valence-electron chi connectivity index (χ4n) is 6.86. The van der Waals surface area contributed by atoms with Crippen LogP contribution in [0.1, 0.15) is 48.9 Å². The third kappa shape index (κ3) is 3.19. The number of likely N-dealkylation sites (tertiary alicyclic amines) is 1. The van der Waals surface area contributed by atoms with Crippen LogP contribution in [0.4, 0.5) is 0 Å². The minimum atomic E-state index is 0.0921. The molecule has 3 fully saturated rings. The summed E-state index contributed by atoms with van der Waals surface area (Å²) in [6.07, 6.45) is 11.7. The van der Waals surface area contributed by atoms with Crippen LogP contribution in [0, 0.1) is 11.8 Å². The summed E-state index contributed by atoms with van der Waals surface area (Å²) >= 11 is 0. The van der Waals surface area contributed by atoms with Crippen molar-refractivity contribution in [3.05, 3.63) is 47.7 Å². The Hall–Kier alpha value is -2.60. The maximum absolute atomic E-state index is 13.9. The summed E-state index contributed by atoms with van der Waals surface area (Å²) in [6, 6.07) is 8.77. The smallest absolute Gasteiger partial charge is 0.258 e. The lowest BCUT2D eigenvalue weighted by Gasteiger charge is -2.54. The Bertz CT molecular complexity index is 1040. The normalized spacial score (nSPS) is 29.7. The van der Waals surface area contributed by atoms with Crippen molar-refractivity contribution in [1.29, 1.82) is 0 Å². The van der Waals surface area contributed by atoms with Crippen molar-refractivity contribution in [1.82, 2.24) is 20.0 Å². The largest absolute Gasteiger partial charge is 0.496 e. The average molecular weight is 433 g/mol. The van der Waals surface area contributed by atoms with E-state index < -0.39 is 0 Å². The topological polar surface area (TPSA) is 61.5 Å². The van der Waals surface area contributed by atoms with E-state index in [1.807, 2.05) is 24.3 Å². The van der Waals surface area contributed by atoms with Gasteiger partial charge in [0.25, 0.3) is 5.91 Å². The number of para-hydroxylation sites is 1. The second-order valence-electron chi connectivity index (χ2n) is 9.87. The fourth-order valence-corrected chi connectivity index (χ4v) is 6.86. The lowest BCUT2D eigenvalue weighted by Crippen LogP contribution is -2.60. The molecule has 32 heavy (non-hydrogen) atoms. The maximum Gasteiger partial charge on any atom is 0.258 e. The molecule has 0 radical (unpaired) electrons. The summed E-state index contributed by atoms with van der Waals surface area (Å²) in [4.78, 5) is 18.8. The molecule has 2 aromatic rings. The molecule has 168 valence electrons. The van der Waals surface area contributed by atoms with Crippen molar-refractivity contribution < 1.29 is 9.53 Å². The third-order valence-electron chi connectivity index (χ3n) is 8.16. The van der Waals surface area contributed by atoms with Crippen LogP contribution in [0.5, 0.6) is 5.75 Å². The number of methoxy groups -OCH3 is 1. The number of piperidine rings is 3. The Balaban J connectivity index is 1.34. The molecule has 1 aromatic carbocycles. The first-order valence-electron chi connectivity index (χ1n) is 12.2. The zero-order valence-electron chi connectivity index (χ0n) is 18.8. The average Bonchev–Trinajstić information content (AvgIpc) is 3.33. The molecule has 6 nitrogen and oxygen atoms in total. The van der Waals surface area contributed by atoms with E-state index in [2.05, 4.69) is 26.1 Å². The molecule has 3 aliphatic heterocycles. The van der Waals surface area contributed by atoms with Gasteiger partial charge < -0.3 is 9.64 Å². The van der Waals surface area contributed by atoms with Crippen LogP contribution in [-0.4, -0.2) is 64.7 Å². The number of rotatable bonds is 3. The molecule has 4 atom stereocenters. The molecule has 1 aromatic heterocycles. The molecule has 4 aliphatic rings. The maximum atomic E-state index is 13.9. The molecule has 4 heterocycles. The lowest BCUT2D eigenvalue weighted by molar-refractivity contribution is 0.00150. The van der Waals surface area contributed by atoms with E-state index in [1.54, 1.807) is 13.3 Å². The molecule has 2 bridgehead atoms. The predicted octanol–water partition coefficient (Wildman–Crippen LogP) is 4.12. The van der Waals surface area contributed by atoms with Crippen LogP contribution >= 0.6 is 0 Å². The van der Waals surface area contributed by atoms with E-state index in [-0.39, 0.29) is 11.9 Å². The molecule has 1 aliphatic carbocycles. The van der Waals surface area contributed by atoms with Crippen LogP contribution in [0.15, 0.2) is 42.1 Å². The number of aromatic amines is 1. The first kappa shape index (κ1) is 20.0. The van der Waals surface area contributed by atoms with Crippen molar-refractivity contribution in [3.8, 4) is 17.0 Å². The summed E-state index contributed by atoms with van der Waals surface area (Å²) in [5.41, 5.74) is 3.78. The zero-order valence-corrected chi connectivity index (χ0v) is 18.8. The van der Waals surface area contributed by atoms with Crippen LogP contribution in [0.25, 0.3) is 11.3 Å².